The van der Waals surface area contributed by atoms with Gasteiger partial charge in [0.2, 0.25) is 5.91 Å². The van der Waals surface area contributed by atoms with Gasteiger partial charge in [0.05, 0.1) is 5.60 Å². The van der Waals surface area contributed by atoms with Crippen molar-refractivity contribution in [3.05, 3.63) is 35.6 Å². The summed E-state index contributed by atoms with van der Waals surface area (Å²) in [5.41, 5.74) is 0.772. The van der Waals surface area contributed by atoms with Crippen molar-refractivity contribution in [2.24, 2.45) is 0 Å². The fourth-order valence-corrected chi connectivity index (χ4v) is 3.25. The highest BCUT2D eigenvalue weighted by molar-refractivity contribution is 5.76. The normalized spacial score (nSPS) is 27.1. The van der Waals surface area contributed by atoms with Gasteiger partial charge in [-0.25, -0.2) is 4.39 Å². The number of benzene rings is 1. The van der Waals surface area contributed by atoms with Crippen molar-refractivity contribution < 1.29 is 13.9 Å². The monoisotopic (exact) mass is 277 g/mol. The lowest BCUT2D eigenvalue weighted by atomic mass is 9.92. The van der Waals surface area contributed by atoms with Gasteiger partial charge in [-0.3, -0.25) is 4.79 Å². The highest BCUT2D eigenvalue weighted by atomic mass is 19.1. The predicted molar refractivity (Wildman–Crippen MR) is 73.6 cm³/mol. The summed E-state index contributed by atoms with van der Waals surface area (Å²) in [6.45, 7) is 2.01. The van der Waals surface area contributed by atoms with Gasteiger partial charge in [0, 0.05) is 26.1 Å². The highest BCUT2D eigenvalue weighted by Crippen LogP contribution is 2.36. The quantitative estimate of drug-likeness (QED) is 0.832. The Labute approximate surface area is 118 Å². The summed E-state index contributed by atoms with van der Waals surface area (Å²) in [7, 11) is 0. The van der Waals surface area contributed by atoms with Gasteiger partial charge < -0.3 is 9.64 Å². The smallest absolute Gasteiger partial charge is 0.222 e. The van der Waals surface area contributed by atoms with Crippen LogP contribution in [0.15, 0.2) is 24.3 Å². The van der Waals surface area contributed by atoms with Crippen LogP contribution in [-0.4, -0.2) is 29.6 Å². The highest BCUT2D eigenvalue weighted by Gasteiger charge is 2.38. The van der Waals surface area contributed by atoms with Crippen molar-refractivity contribution in [2.45, 2.75) is 44.2 Å². The second kappa shape index (κ2) is 5.52. The van der Waals surface area contributed by atoms with Crippen molar-refractivity contribution in [1.82, 2.24) is 4.90 Å². The standard InChI is InChI=1S/C16H20FNO2/c17-14-4-1-3-13(11-14)12-18-9-8-16(6-2-10-20-16)7-5-15(18)19/h1,3-4,11H,2,5-10,12H2/t16-/m1/s1. The first kappa shape index (κ1) is 13.6. The van der Waals surface area contributed by atoms with Gasteiger partial charge in [0.1, 0.15) is 5.82 Å². The molecule has 2 aliphatic rings. The van der Waals surface area contributed by atoms with Gasteiger partial charge in [-0.2, -0.15) is 0 Å². The van der Waals surface area contributed by atoms with Crippen LogP contribution in [0.3, 0.4) is 0 Å². The van der Waals surface area contributed by atoms with E-state index in [-0.39, 0.29) is 17.3 Å². The van der Waals surface area contributed by atoms with Crippen molar-refractivity contribution in [2.75, 3.05) is 13.2 Å². The molecule has 20 heavy (non-hydrogen) atoms. The Hall–Kier alpha value is -1.42. The van der Waals surface area contributed by atoms with E-state index in [0.29, 0.717) is 19.5 Å². The van der Waals surface area contributed by atoms with E-state index in [1.165, 1.54) is 12.1 Å². The maximum Gasteiger partial charge on any atom is 0.222 e. The third-order valence-corrected chi connectivity index (χ3v) is 4.43. The molecule has 1 spiro atoms. The van der Waals surface area contributed by atoms with Gasteiger partial charge in [-0.15, -0.1) is 0 Å². The van der Waals surface area contributed by atoms with E-state index >= 15 is 0 Å². The zero-order valence-corrected chi connectivity index (χ0v) is 11.6. The first-order valence-corrected chi connectivity index (χ1v) is 7.33. The van der Waals surface area contributed by atoms with Crippen LogP contribution in [0.2, 0.25) is 0 Å². The Kier molecular flexibility index (Phi) is 3.74. The minimum atomic E-state index is -0.250. The van der Waals surface area contributed by atoms with Crippen LogP contribution in [0.4, 0.5) is 4.39 Å². The molecule has 0 aromatic heterocycles. The Morgan fingerprint density at radius 3 is 2.95 bits per heavy atom. The van der Waals surface area contributed by atoms with Crippen LogP contribution in [0.5, 0.6) is 0 Å². The number of likely N-dealkylation sites (tertiary alicyclic amines) is 1. The van der Waals surface area contributed by atoms with Gasteiger partial charge in [0.15, 0.2) is 0 Å². The van der Waals surface area contributed by atoms with E-state index in [2.05, 4.69) is 0 Å². The second-order valence-corrected chi connectivity index (χ2v) is 5.83. The minimum Gasteiger partial charge on any atom is -0.375 e. The number of rotatable bonds is 2. The number of hydrogen-bond donors (Lipinski definition) is 0. The molecular formula is C16H20FNO2. The Bertz CT molecular complexity index is 497. The van der Waals surface area contributed by atoms with E-state index in [0.717, 1.165) is 37.9 Å². The van der Waals surface area contributed by atoms with Gasteiger partial charge in [0.25, 0.3) is 0 Å². The molecular weight excluding hydrogens is 257 g/mol. The first-order valence-electron chi connectivity index (χ1n) is 7.33. The summed E-state index contributed by atoms with van der Waals surface area (Å²) in [5, 5.41) is 0. The lowest BCUT2D eigenvalue weighted by molar-refractivity contribution is -0.131. The molecule has 2 heterocycles. The lowest BCUT2D eigenvalue weighted by Gasteiger charge is -2.26. The van der Waals surface area contributed by atoms with Crippen molar-refractivity contribution >= 4 is 5.91 Å². The first-order chi connectivity index (χ1) is 9.67. The molecule has 2 aliphatic heterocycles. The number of hydrogen-bond acceptors (Lipinski definition) is 2. The van der Waals surface area contributed by atoms with E-state index in [4.69, 9.17) is 4.74 Å². The zero-order chi connectivity index (χ0) is 14.0. The van der Waals surface area contributed by atoms with Gasteiger partial charge >= 0.3 is 0 Å². The molecule has 3 nitrogen and oxygen atoms in total. The molecule has 1 aromatic rings. The number of carbonyl (C=O) groups excluding carboxylic acids is 1. The zero-order valence-electron chi connectivity index (χ0n) is 11.6. The predicted octanol–water partition coefficient (Wildman–Crippen LogP) is 2.89. The van der Waals surface area contributed by atoms with Crippen LogP contribution in [0, 0.1) is 5.82 Å². The van der Waals surface area contributed by atoms with E-state index in [9.17, 15) is 9.18 Å². The van der Waals surface area contributed by atoms with Crippen molar-refractivity contribution in [1.29, 1.82) is 0 Å². The summed E-state index contributed by atoms with van der Waals surface area (Å²) in [6.07, 6.45) is 4.42. The second-order valence-electron chi connectivity index (χ2n) is 5.83. The van der Waals surface area contributed by atoms with Gasteiger partial charge in [-0.1, -0.05) is 12.1 Å². The molecule has 1 aromatic carbocycles. The Morgan fingerprint density at radius 2 is 2.20 bits per heavy atom. The third-order valence-electron chi connectivity index (χ3n) is 4.43. The van der Waals surface area contributed by atoms with Crippen LogP contribution >= 0.6 is 0 Å². The molecule has 2 fully saturated rings. The Balaban J connectivity index is 1.69. The largest absolute Gasteiger partial charge is 0.375 e. The molecule has 3 rings (SSSR count). The summed E-state index contributed by atoms with van der Waals surface area (Å²) in [6, 6.07) is 6.48. The average molecular weight is 277 g/mol. The maximum absolute atomic E-state index is 13.2. The number of halogens is 1. The molecule has 0 aliphatic carbocycles. The third kappa shape index (κ3) is 2.85. The SMILES string of the molecule is O=C1CC[C@]2(CCCO2)CCN1Cc1cccc(F)c1. The molecule has 0 N–H and O–H groups in total. The minimum absolute atomic E-state index is 0.0770. The molecule has 108 valence electrons. The summed E-state index contributed by atoms with van der Waals surface area (Å²) < 4.78 is 19.1. The topological polar surface area (TPSA) is 29.5 Å². The molecule has 0 bridgehead atoms. The van der Waals surface area contributed by atoms with Gasteiger partial charge in [-0.05, 0) is 43.4 Å². The number of carbonyl (C=O) groups is 1. The molecule has 1 amide bonds. The lowest BCUT2D eigenvalue weighted by Crippen LogP contribution is -2.32. The van der Waals surface area contributed by atoms with Crippen LogP contribution in [0.25, 0.3) is 0 Å². The fraction of sp³-hybridized carbons (Fsp3) is 0.562. The van der Waals surface area contributed by atoms with E-state index < -0.39 is 0 Å². The fourth-order valence-electron chi connectivity index (χ4n) is 3.25. The average Bonchev–Trinajstić information content (AvgIpc) is 2.84. The number of ether oxygens (including phenoxy) is 1. The molecule has 4 heteroatoms. The Morgan fingerprint density at radius 1 is 1.30 bits per heavy atom. The van der Waals surface area contributed by atoms with Crippen molar-refractivity contribution in [3.63, 3.8) is 0 Å². The molecule has 1 atom stereocenters. The maximum atomic E-state index is 13.2. The van der Waals surface area contributed by atoms with E-state index in [1.807, 2.05) is 11.0 Å². The van der Waals surface area contributed by atoms with Crippen LogP contribution in [0.1, 0.15) is 37.7 Å². The van der Waals surface area contributed by atoms with Crippen molar-refractivity contribution in [3.8, 4) is 0 Å². The molecule has 0 radical (unpaired) electrons. The summed E-state index contributed by atoms with van der Waals surface area (Å²) in [5.74, 6) is -0.0954. The van der Waals surface area contributed by atoms with E-state index in [1.54, 1.807) is 6.07 Å². The molecule has 2 saturated heterocycles. The number of nitrogens with zero attached hydrogens (tertiary/aromatic N) is 1. The molecule has 0 unspecified atom stereocenters. The summed E-state index contributed by atoms with van der Waals surface area (Å²) >= 11 is 0. The van der Waals surface area contributed by atoms with Crippen LogP contribution in [-0.2, 0) is 16.1 Å². The summed E-state index contributed by atoms with van der Waals surface area (Å²) in [4.78, 5) is 14.1. The molecule has 0 saturated carbocycles. The number of amides is 1. The van der Waals surface area contributed by atoms with Crippen LogP contribution < -0.4 is 0 Å².